The molecule has 9 heteroatoms. The van der Waals surface area contributed by atoms with E-state index < -0.39 is 9.84 Å². The van der Waals surface area contributed by atoms with Crippen molar-refractivity contribution in [3.05, 3.63) is 18.5 Å². The number of rotatable bonds is 3. The monoisotopic (exact) mass is 339 g/mol. The van der Waals surface area contributed by atoms with Crippen LogP contribution in [0.5, 0.6) is 0 Å². The highest BCUT2D eigenvalue weighted by atomic mass is 32.2. The summed E-state index contributed by atoms with van der Waals surface area (Å²) >= 11 is 0. The first kappa shape index (κ1) is 16.0. The van der Waals surface area contributed by atoms with Gasteiger partial charge in [-0.1, -0.05) is 0 Å². The summed E-state index contributed by atoms with van der Waals surface area (Å²) in [6, 6.07) is 1.65. The van der Waals surface area contributed by atoms with Crippen LogP contribution in [0.25, 0.3) is 0 Å². The molecule has 2 aliphatic rings. The lowest BCUT2D eigenvalue weighted by Gasteiger charge is -2.34. The van der Waals surface area contributed by atoms with Crippen LogP contribution in [0.1, 0.15) is 6.42 Å². The predicted molar refractivity (Wildman–Crippen MR) is 86.0 cm³/mol. The van der Waals surface area contributed by atoms with Gasteiger partial charge in [0.25, 0.3) is 0 Å². The number of hydrogen-bond donors (Lipinski definition) is 1. The van der Waals surface area contributed by atoms with Crippen LogP contribution in [-0.2, 0) is 9.84 Å². The van der Waals surface area contributed by atoms with Gasteiger partial charge >= 0.3 is 6.03 Å². The van der Waals surface area contributed by atoms with E-state index in [2.05, 4.69) is 15.3 Å². The Kier molecular flexibility index (Phi) is 4.65. The van der Waals surface area contributed by atoms with Crippen molar-refractivity contribution in [1.82, 2.24) is 20.2 Å². The number of carbonyl (C=O) groups is 1. The number of piperazine rings is 1. The minimum absolute atomic E-state index is 0.0444. The fraction of sp³-hybridized carbons (Fsp3) is 0.643. The van der Waals surface area contributed by atoms with Crippen molar-refractivity contribution in [2.24, 2.45) is 5.92 Å². The first-order chi connectivity index (χ1) is 11.0. The molecule has 2 aliphatic heterocycles. The van der Waals surface area contributed by atoms with Crippen molar-refractivity contribution < 1.29 is 13.2 Å². The zero-order chi connectivity index (χ0) is 16.3. The smallest absolute Gasteiger partial charge is 0.317 e. The number of nitrogens with one attached hydrogen (secondary N) is 1. The summed E-state index contributed by atoms with van der Waals surface area (Å²) in [5, 5.41) is 2.86. The first-order valence-corrected chi connectivity index (χ1v) is 9.61. The molecule has 1 atom stereocenters. The van der Waals surface area contributed by atoms with Crippen LogP contribution >= 0.6 is 0 Å². The van der Waals surface area contributed by atoms with Crippen molar-refractivity contribution in [3.63, 3.8) is 0 Å². The molecule has 2 fully saturated rings. The van der Waals surface area contributed by atoms with Gasteiger partial charge in [0.05, 0.1) is 11.5 Å². The van der Waals surface area contributed by atoms with E-state index in [1.807, 2.05) is 4.90 Å². The maximum Gasteiger partial charge on any atom is 0.317 e. The summed E-state index contributed by atoms with van der Waals surface area (Å²) in [5.41, 5.74) is 0. The number of anilines is 1. The normalized spacial score (nSPS) is 23.7. The molecule has 1 unspecified atom stereocenters. The molecular formula is C14H21N5O3S. The average molecular weight is 339 g/mol. The van der Waals surface area contributed by atoms with Crippen molar-refractivity contribution in [3.8, 4) is 0 Å². The number of sulfone groups is 1. The molecular weight excluding hydrogens is 318 g/mol. The molecule has 0 radical (unpaired) electrons. The van der Waals surface area contributed by atoms with Crippen molar-refractivity contribution in [1.29, 1.82) is 0 Å². The van der Waals surface area contributed by atoms with Gasteiger partial charge in [0, 0.05) is 45.1 Å². The number of carbonyl (C=O) groups excluding carboxylic acids is 1. The van der Waals surface area contributed by atoms with Gasteiger partial charge < -0.3 is 15.1 Å². The van der Waals surface area contributed by atoms with Crippen molar-refractivity contribution >= 4 is 21.8 Å². The van der Waals surface area contributed by atoms with Crippen LogP contribution in [0, 0.1) is 5.92 Å². The molecule has 3 rings (SSSR count). The molecule has 1 aromatic rings. The number of aromatic nitrogens is 2. The first-order valence-electron chi connectivity index (χ1n) is 7.79. The average Bonchev–Trinajstić information content (AvgIpc) is 2.93. The maximum absolute atomic E-state index is 12.2. The maximum atomic E-state index is 12.2. The fourth-order valence-corrected chi connectivity index (χ4v) is 4.80. The lowest BCUT2D eigenvalue weighted by molar-refractivity contribution is 0.192. The molecule has 1 aromatic heterocycles. The molecule has 23 heavy (non-hydrogen) atoms. The Morgan fingerprint density at radius 1 is 1.22 bits per heavy atom. The summed E-state index contributed by atoms with van der Waals surface area (Å²) in [7, 11) is -2.89. The number of urea groups is 1. The molecule has 8 nitrogen and oxygen atoms in total. The van der Waals surface area contributed by atoms with Crippen LogP contribution in [0.2, 0.25) is 0 Å². The van der Waals surface area contributed by atoms with Crippen LogP contribution in [0.3, 0.4) is 0 Å². The number of nitrogens with zero attached hydrogens (tertiary/aromatic N) is 4. The van der Waals surface area contributed by atoms with E-state index in [9.17, 15) is 13.2 Å². The zero-order valence-electron chi connectivity index (χ0n) is 12.9. The molecule has 2 saturated heterocycles. The Labute approximate surface area is 135 Å². The van der Waals surface area contributed by atoms with E-state index in [0.29, 0.717) is 45.1 Å². The second-order valence-electron chi connectivity index (χ2n) is 5.98. The van der Waals surface area contributed by atoms with Crippen LogP contribution in [-0.4, -0.2) is 73.5 Å². The summed E-state index contributed by atoms with van der Waals surface area (Å²) in [4.78, 5) is 24.4. The van der Waals surface area contributed by atoms with E-state index in [0.717, 1.165) is 0 Å². The minimum atomic E-state index is -2.89. The Morgan fingerprint density at radius 3 is 2.52 bits per heavy atom. The standard InChI is InChI=1S/C14H21N5O3S/c20-14(17-10-12-2-9-23(21,22)11-12)19-7-5-18(6-8-19)13-15-3-1-4-16-13/h1,3-4,12H,2,5-11H2,(H,17,20). The van der Waals surface area contributed by atoms with Gasteiger partial charge in [0.1, 0.15) is 0 Å². The van der Waals surface area contributed by atoms with E-state index in [1.54, 1.807) is 23.4 Å². The van der Waals surface area contributed by atoms with Gasteiger partial charge in [0.15, 0.2) is 9.84 Å². The highest BCUT2D eigenvalue weighted by Gasteiger charge is 2.29. The third kappa shape index (κ3) is 4.10. The van der Waals surface area contributed by atoms with Gasteiger partial charge in [-0.3, -0.25) is 0 Å². The highest BCUT2D eigenvalue weighted by Crippen LogP contribution is 2.17. The number of hydrogen-bond acceptors (Lipinski definition) is 6. The Morgan fingerprint density at radius 2 is 1.91 bits per heavy atom. The van der Waals surface area contributed by atoms with Crippen molar-refractivity contribution in [2.45, 2.75) is 6.42 Å². The molecule has 1 N–H and O–H groups in total. The Balaban J connectivity index is 1.43. The summed E-state index contributed by atoms with van der Waals surface area (Å²) < 4.78 is 22.8. The van der Waals surface area contributed by atoms with Gasteiger partial charge in [-0.15, -0.1) is 0 Å². The van der Waals surface area contributed by atoms with Gasteiger partial charge in [-0.2, -0.15) is 0 Å². The quantitative estimate of drug-likeness (QED) is 0.815. The molecule has 0 bridgehead atoms. The largest absolute Gasteiger partial charge is 0.338 e. The van der Waals surface area contributed by atoms with Crippen LogP contribution in [0.4, 0.5) is 10.7 Å². The Bertz CT molecular complexity index is 644. The molecule has 126 valence electrons. The number of amides is 2. The molecule has 0 aliphatic carbocycles. The summed E-state index contributed by atoms with van der Waals surface area (Å²) in [6.45, 7) is 3.02. The second-order valence-corrected chi connectivity index (χ2v) is 8.21. The third-order valence-corrected chi connectivity index (χ3v) is 6.11. The van der Waals surface area contributed by atoms with E-state index >= 15 is 0 Å². The lowest BCUT2D eigenvalue weighted by Crippen LogP contribution is -2.52. The van der Waals surface area contributed by atoms with Crippen LogP contribution < -0.4 is 10.2 Å². The van der Waals surface area contributed by atoms with Crippen molar-refractivity contribution in [2.75, 3.05) is 49.1 Å². The van der Waals surface area contributed by atoms with Gasteiger partial charge in [-0.25, -0.2) is 23.2 Å². The van der Waals surface area contributed by atoms with E-state index in [-0.39, 0.29) is 23.5 Å². The lowest BCUT2D eigenvalue weighted by atomic mass is 10.1. The molecule has 2 amide bonds. The summed E-state index contributed by atoms with van der Waals surface area (Å²) in [6.07, 6.45) is 4.05. The van der Waals surface area contributed by atoms with Gasteiger partial charge in [0.2, 0.25) is 5.95 Å². The molecule has 0 saturated carbocycles. The molecule has 0 spiro atoms. The van der Waals surface area contributed by atoms with E-state index in [4.69, 9.17) is 0 Å². The third-order valence-electron chi connectivity index (χ3n) is 4.27. The van der Waals surface area contributed by atoms with Gasteiger partial charge in [-0.05, 0) is 18.4 Å². The second kappa shape index (κ2) is 6.69. The van der Waals surface area contributed by atoms with Crippen LogP contribution in [0.15, 0.2) is 18.5 Å². The predicted octanol–water partition coefficient (Wildman–Crippen LogP) is -0.257. The summed E-state index contributed by atoms with van der Waals surface area (Å²) in [5.74, 6) is 1.15. The zero-order valence-corrected chi connectivity index (χ0v) is 13.7. The minimum Gasteiger partial charge on any atom is -0.338 e. The molecule has 3 heterocycles. The molecule has 0 aromatic carbocycles. The van der Waals surface area contributed by atoms with E-state index in [1.165, 1.54) is 0 Å². The highest BCUT2D eigenvalue weighted by molar-refractivity contribution is 7.91. The fourth-order valence-electron chi connectivity index (χ4n) is 2.94. The SMILES string of the molecule is O=C(NCC1CCS(=O)(=O)C1)N1CCN(c2ncccn2)CC1. The Hall–Kier alpha value is -1.90. The topological polar surface area (TPSA) is 95.5 Å².